The molecular formula is C33H33N5O3. The molecule has 8 nitrogen and oxygen atoms in total. The van der Waals surface area contributed by atoms with Gasteiger partial charge in [-0.2, -0.15) is 10.2 Å². The summed E-state index contributed by atoms with van der Waals surface area (Å²) in [7, 11) is 0. The molecule has 7 rings (SSSR count). The third-order valence-electron chi connectivity index (χ3n) is 8.78. The summed E-state index contributed by atoms with van der Waals surface area (Å²) < 4.78 is 1.75. The number of amides is 1. The van der Waals surface area contributed by atoms with E-state index in [1.165, 1.54) is 0 Å². The monoisotopic (exact) mass is 547 g/mol. The second-order valence-corrected chi connectivity index (χ2v) is 12.6. The zero-order valence-corrected chi connectivity index (χ0v) is 23.2. The first-order chi connectivity index (χ1) is 19.7. The Morgan fingerprint density at radius 1 is 0.976 bits per heavy atom. The minimum atomic E-state index is -0.984. The van der Waals surface area contributed by atoms with Crippen LogP contribution in [0.5, 0.6) is 0 Å². The van der Waals surface area contributed by atoms with Crippen LogP contribution in [0, 0.1) is 5.41 Å². The molecule has 0 bridgehead atoms. The van der Waals surface area contributed by atoms with E-state index in [4.69, 9.17) is 0 Å². The predicted octanol–water partition coefficient (Wildman–Crippen LogP) is 5.17. The van der Waals surface area contributed by atoms with Gasteiger partial charge in [0, 0.05) is 22.7 Å². The summed E-state index contributed by atoms with van der Waals surface area (Å²) in [5.41, 5.74) is 3.38. The number of aromatic amines is 1. The Balaban J connectivity index is 1.07. The number of rotatable bonds is 6. The minimum absolute atomic E-state index is 0.0989. The average molecular weight is 548 g/mol. The van der Waals surface area contributed by atoms with Crippen LogP contribution in [-0.4, -0.2) is 42.6 Å². The normalized spacial score (nSPS) is 22.0. The molecule has 2 fully saturated rings. The molecule has 0 aliphatic heterocycles. The molecule has 2 heterocycles. The van der Waals surface area contributed by atoms with Gasteiger partial charge >= 0.3 is 0 Å². The van der Waals surface area contributed by atoms with E-state index >= 15 is 0 Å². The second kappa shape index (κ2) is 9.38. The number of hydrogen-bond acceptors (Lipinski definition) is 5. The van der Waals surface area contributed by atoms with E-state index in [1.807, 2.05) is 60.7 Å². The van der Waals surface area contributed by atoms with Crippen molar-refractivity contribution in [2.45, 2.75) is 63.6 Å². The summed E-state index contributed by atoms with van der Waals surface area (Å²) in [6, 6.07) is 23.9. The predicted molar refractivity (Wildman–Crippen MR) is 159 cm³/mol. The zero-order chi connectivity index (χ0) is 28.4. The van der Waals surface area contributed by atoms with Crippen LogP contribution in [0.25, 0.3) is 32.8 Å². The Hall–Kier alpha value is -4.30. The average Bonchev–Trinajstić information content (AvgIpc) is 3.27. The molecule has 1 amide bonds. The van der Waals surface area contributed by atoms with Crippen LogP contribution in [0.1, 0.15) is 61.6 Å². The van der Waals surface area contributed by atoms with E-state index in [0.717, 1.165) is 58.8 Å². The van der Waals surface area contributed by atoms with Gasteiger partial charge in [-0.25, -0.2) is 5.10 Å². The van der Waals surface area contributed by atoms with Crippen LogP contribution in [-0.2, 0) is 6.54 Å². The number of H-pyrrole nitrogens is 1. The Labute approximate surface area is 237 Å². The molecule has 1 spiro atoms. The quantitative estimate of drug-likeness (QED) is 0.272. The molecule has 2 aliphatic carbocycles. The molecule has 208 valence electrons. The molecule has 3 N–H and O–H groups in total. The second-order valence-electron chi connectivity index (χ2n) is 12.6. The molecule has 3 aromatic carbocycles. The van der Waals surface area contributed by atoms with E-state index in [2.05, 4.69) is 32.7 Å². The van der Waals surface area contributed by atoms with Crippen LogP contribution in [0.3, 0.4) is 0 Å². The third kappa shape index (κ3) is 4.62. The fraction of sp³-hybridized carbons (Fsp3) is 0.333. The first-order valence-corrected chi connectivity index (χ1v) is 14.2. The van der Waals surface area contributed by atoms with Gasteiger partial charge < -0.3 is 10.4 Å². The maximum atomic E-state index is 13.5. The largest absolute Gasteiger partial charge is 0.389 e. The van der Waals surface area contributed by atoms with E-state index in [1.54, 1.807) is 18.5 Å². The summed E-state index contributed by atoms with van der Waals surface area (Å²) in [6.45, 7) is 3.76. The van der Waals surface area contributed by atoms with Crippen LogP contribution in [0.15, 0.2) is 77.6 Å². The lowest BCUT2D eigenvalue weighted by molar-refractivity contribution is -0.0197. The molecule has 2 aromatic heterocycles. The molecule has 0 atom stereocenters. The van der Waals surface area contributed by atoms with Gasteiger partial charge in [0.1, 0.15) is 0 Å². The number of nitrogens with zero attached hydrogens (tertiary/aromatic N) is 3. The number of nitrogens with one attached hydrogen (secondary N) is 2. The SMILES string of the molecule is CC(C)(O)Cn1nc(C(=O)NC2CC3(C2)CC(c2n[nH]c(=O)c4ccccc24)C3)c2ccc(-c3ccccc3)cc21. The molecule has 41 heavy (non-hydrogen) atoms. The smallest absolute Gasteiger partial charge is 0.272 e. The van der Waals surface area contributed by atoms with Gasteiger partial charge in [0.05, 0.1) is 28.7 Å². The zero-order valence-electron chi connectivity index (χ0n) is 23.2. The number of benzene rings is 3. The molecule has 5 aromatic rings. The first kappa shape index (κ1) is 25.7. The van der Waals surface area contributed by atoms with Crippen LogP contribution in [0.2, 0.25) is 0 Å². The van der Waals surface area contributed by atoms with E-state index in [-0.39, 0.29) is 29.5 Å². The fourth-order valence-electron chi connectivity index (χ4n) is 6.94. The Morgan fingerprint density at radius 2 is 1.68 bits per heavy atom. The van der Waals surface area contributed by atoms with Crippen LogP contribution >= 0.6 is 0 Å². The van der Waals surface area contributed by atoms with Gasteiger partial charge in [-0.05, 0) is 74.3 Å². The molecule has 0 unspecified atom stereocenters. The van der Waals surface area contributed by atoms with Crippen molar-refractivity contribution in [2.75, 3.05) is 0 Å². The Bertz CT molecular complexity index is 1840. The number of aliphatic hydroxyl groups is 1. The molecule has 8 heteroatoms. The lowest BCUT2D eigenvalue weighted by Crippen LogP contribution is -2.55. The maximum absolute atomic E-state index is 13.5. The number of carbonyl (C=O) groups is 1. The van der Waals surface area contributed by atoms with Crippen molar-refractivity contribution in [2.24, 2.45) is 5.41 Å². The first-order valence-electron chi connectivity index (χ1n) is 14.2. The van der Waals surface area contributed by atoms with Gasteiger partial charge in [-0.1, -0.05) is 54.6 Å². The highest BCUT2D eigenvalue weighted by Gasteiger charge is 2.54. The van der Waals surface area contributed by atoms with Gasteiger partial charge in [-0.3, -0.25) is 14.3 Å². The third-order valence-corrected chi connectivity index (χ3v) is 8.78. The molecule has 2 aliphatic rings. The fourth-order valence-corrected chi connectivity index (χ4v) is 6.94. The summed E-state index contributed by atoms with van der Waals surface area (Å²) in [5.74, 6) is 0.134. The van der Waals surface area contributed by atoms with E-state index < -0.39 is 5.60 Å². The topological polar surface area (TPSA) is 113 Å². The summed E-state index contributed by atoms with van der Waals surface area (Å²) in [5, 5.41) is 27.9. The number of hydrogen-bond donors (Lipinski definition) is 3. The minimum Gasteiger partial charge on any atom is -0.389 e. The summed E-state index contributed by atoms with van der Waals surface area (Å²) >= 11 is 0. The number of aromatic nitrogens is 4. The molecular weight excluding hydrogens is 514 g/mol. The molecule has 0 saturated heterocycles. The van der Waals surface area contributed by atoms with E-state index in [9.17, 15) is 14.7 Å². The van der Waals surface area contributed by atoms with Gasteiger partial charge in [0.25, 0.3) is 11.5 Å². The van der Waals surface area contributed by atoms with Crippen molar-refractivity contribution >= 4 is 27.6 Å². The Morgan fingerprint density at radius 3 is 2.41 bits per heavy atom. The van der Waals surface area contributed by atoms with Crippen LogP contribution < -0.4 is 10.9 Å². The lowest BCUT2D eigenvalue weighted by atomic mass is 9.49. The maximum Gasteiger partial charge on any atom is 0.272 e. The van der Waals surface area contributed by atoms with Crippen molar-refractivity contribution in [1.82, 2.24) is 25.3 Å². The van der Waals surface area contributed by atoms with Gasteiger partial charge in [0.15, 0.2) is 5.69 Å². The van der Waals surface area contributed by atoms with Gasteiger partial charge in [-0.15, -0.1) is 0 Å². The van der Waals surface area contributed by atoms with Crippen molar-refractivity contribution in [3.05, 3.63) is 94.5 Å². The standard InChI is InChI=1S/C33H33N5O3/c1-32(2,41)19-38-27-14-21(20-8-4-3-5-9-20)12-13-26(27)29(37-38)31(40)34-23-17-33(18-23)15-22(16-33)28-24-10-6-7-11-25(24)30(39)36-35-28/h3-14,22-23,41H,15-19H2,1-2H3,(H,34,40)(H,36,39). The van der Waals surface area contributed by atoms with E-state index in [0.29, 0.717) is 17.0 Å². The van der Waals surface area contributed by atoms with Crippen molar-refractivity contribution in [3.8, 4) is 11.1 Å². The van der Waals surface area contributed by atoms with Gasteiger partial charge in [0.2, 0.25) is 0 Å². The highest BCUT2D eigenvalue weighted by atomic mass is 16.3. The highest BCUT2D eigenvalue weighted by Crippen LogP contribution is 2.62. The highest BCUT2D eigenvalue weighted by molar-refractivity contribution is 6.05. The number of carbonyl (C=O) groups excluding carboxylic acids is 1. The van der Waals surface area contributed by atoms with Crippen molar-refractivity contribution in [3.63, 3.8) is 0 Å². The van der Waals surface area contributed by atoms with Crippen molar-refractivity contribution in [1.29, 1.82) is 0 Å². The molecule has 2 saturated carbocycles. The van der Waals surface area contributed by atoms with Crippen molar-refractivity contribution < 1.29 is 9.90 Å². The summed E-state index contributed by atoms with van der Waals surface area (Å²) in [4.78, 5) is 25.7. The number of fused-ring (bicyclic) bond motifs is 2. The summed E-state index contributed by atoms with van der Waals surface area (Å²) in [6.07, 6.45) is 3.87. The Kier molecular flexibility index (Phi) is 5.87. The lowest BCUT2D eigenvalue weighted by Gasteiger charge is -2.57. The molecule has 0 radical (unpaired) electrons. The van der Waals surface area contributed by atoms with Crippen LogP contribution in [0.4, 0.5) is 0 Å².